The fraction of sp³-hybridized carbons (Fsp3) is 0.333. The summed E-state index contributed by atoms with van der Waals surface area (Å²) < 4.78 is 5.43. The molecule has 0 radical (unpaired) electrons. The molecule has 3 rings (SSSR count). The summed E-state index contributed by atoms with van der Waals surface area (Å²) in [5.74, 6) is 0.149. The fourth-order valence-electron chi connectivity index (χ4n) is 2.97. The topological polar surface area (TPSA) is 81.4 Å². The van der Waals surface area contributed by atoms with E-state index in [-0.39, 0.29) is 12.5 Å². The summed E-state index contributed by atoms with van der Waals surface area (Å²) in [5, 5.41) is 3.72. The van der Waals surface area contributed by atoms with Crippen LogP contribution in [0.2, 0.25) is 5.02 Å². The van der Waals surface area contributed by atoms with Crippen molar-refractivity contribution in [3.05, 3.63) is 45.3 Å². The van der Waals surface area contributed by atoms with E-state index in [1.165, 1.54) is 11.3 Å². The molecule has 1 aromatic carbocycles. The molecule has 1 aliphatic carbocycles. The Balaban J connectivity index is 1.73. The van der Waals surface area contributed by atoms with Crippen molar-refractivity contribution < 1.29 is 14.3 Å². The number of primary amides is 1. The number of carbonyl (C=O) groups excluding carboxylic acids is 2. The highest BCUT2D eigenvalue weighted by molar-refractivity contribution is 7.17. The van der Waals surface area contributed by atoms with Gasteiger partial charge in [-0.05, 0) is 42.9 Å². The van der Waals surface area contributed by atoms with Crippen molar-refractivity contribution in [3.63, 3.8) is 0 Å². The first-order valence-electron chi connectivity index (χ1n) is 8.07. The van der Waals surface area contributed by atoms with Crippen molar-refractivity contribution in [1.82, 2.24) is 0 Å². The molecule has 0 fully saturated rings. The molecule has 7 heteroatoms. The molecule has 25 heavy (non-hydrogen) atoms. The molecule has 1 aromatic heterocycles. The van der Waals surface area contributed by atoms with Crippen LogP contribution in [0.4, 0.5) is 5.00 Å². The fourth-order valence-corrected chi connectivity index (χ4v) is 4.59. The number of fused-ring (bicyclic) bond motifs is 1. The molecule has 1 atom stereocenters. The average Bonchev–Trinajstić information content (AvgIpc) is 2.91. The third kappa shape index (κ3) is 3.96. The van der Waals surface area contributed by atoms with Crippen molar-refractivity contribution in [1.29, 1.82) is 0 Å². The average molecular weight is 379 g/mol. The number of ether oxygens (including phenoxy) is 1. The van der Waals surface area contributed by atoms with E-state index in [2.05, 4.69) is 12.2 Å². The lowest BCUT2D eigenvalue weighted by atomic mass is 9.88. The van der Waals surface area contributed by atoms with E-state index in [1.807, 2.05) is 0 Å². The third-order valence-corrected chi connectivity index (χ3v) is 5.69. The minimum Gasteiger partial charge on any atom is -0.482 e. The van der Waals surface area contributed by atoms with Gasteiger partial charge in [-0.3, -0.25) is 9.59 Å². The molecule has 0 bridgehead atoms. The summed E-state index contributed by atoms with van der Waals surface area (Å²) in [6.45, 7) is 1.99. The van der Waals surface area contributed by atoms with E-state index in [0.717, 1.165) is 29.7 Å². The van der Waals surface area contributed by atoms with Crippen LogP contribution in [-0.4, -0.2) is 18.4 Å². The Labute approximate surface area is 155 Å². The summed E-state index contributed by atoms with van der Waals surface area (Å²) in [7, 11) is 0. The van der Waals surface area contributed by atoms with Crippen LogP contribution in [0.5, 0.6) is 5.75 Å². The van der Waals surface area contributed by atoms with E-state index in [9.17, 15) is 9.59 Å². The lowest BCUT2D eigenvalue weighted by Crippen LogP contribution is -2.22. The van der Waals surface area contributed by atoms with Gasteiger partial charge in [-0.15, -0.1) is 11.3 Å². The van der Waals surface area contributed by atoms with Crippen LogP contribution in [0, 0.1) is 5.92 Å². The molecule has 1 unspecified atom stereocenters. The van der Waals surface area contributed by atoms with Gasteiger partial charge in [0.05, 0.1) is 10.6 Å². The smallest absolute Gasteiger partial charge is 0.262 e. The van der Waals surface area contributed by atoms with Crippen molar-refractivity contribution in [2.45, 2.75) is 26.2 Å². The Morgan fingerprint density at radius 2 is 2.16 bits per heavy atom. The van der Waals surface area contributed by atoms with Gasteiger partial charge in [0.1, 0.15) is 10.8 Å². The number of nitrogens with two attached hydrogens (primary N) is 1. The maximum absolute atomic E-state index is 12.2. The molecular formula is C18H19ClN2O3S. The predicted molar refractivity (Wildman–Crippen MR) is 99.6 cm³/mol. The number of benzene rings is 1. The number of anilines is 1. The van der Waals surface area contributed by atoms with E-state index in [1.54, 1.807) is 24.3 Å². The number of thiophene rings is 1. The van der Waals surface area contributed by atoms with Gasteiger partial charge in [0.2, 0.25) is 0 Å². The summed E-state index contributed by atoms with van der Waals surface area (Å²) in [4.78, 5) is 25.2. The quantitative estimate of drug-likeness (QED) is 0.833. The van der Waals surface area contributed by atoms with Crippen molar-refractivity contribution in [2.24, 2.45) is 11.7 Å². The molecule has 1 aliphatic rings. The van der Waals surface area contributed by atoms with Gasteiger partial charge in [0.15, 0.2) is 6.61 Å². The van der Waals surface area contributed by atoms with Crippen LogP contribution in [0.1, 0.15) is 34.1 Å². The zero-order chi connectivity index (χ0) is 18.0. The van der Waals surface area contributed by atoms with Crippen LogP contribution < -0.4 is 15.8 Å². The Morgan fingerprint density at radius 1 is 1.40 bits per heavy atom. The molecule has 132 valence electrons. The second-order valence-electron chi connectivity index (χ2n) is 6.19. The summed E-state index contributed by atoms with van der Waals surface area (Å²) in [6, 6.07) is 6.94. The molecule has 2 amide bonds. The van der Waals surface area contributed by atoms with E-state index in [4.69, 9.17) is 22.1 Å². The number of rotatable bonds is 5. The maximum Gasteiger partial charge on any atom is 0.262 e. The first-order chi connectivity index (χ1) is 12.0. The lowest BCUT2D eigenvalue weighted by Gasteiger charge is -2.18. The van der Waals surface area contributed by atoms with E-state index >= 15 is 0 Å². The Bertz CT molecular complexity index is 819. The van der Waals surface area contributed by atoms with E-state index in [0.29, 0.717) is 27.3 Å². The number of halogens is 1. The maximum atomic E-state index is 12.2. The molecule has 1 heterocycles. The molecule has 3 N–H and O–H groups in total. The van der Waals surface area contributed by atoms with Gasteiger partial charge in [-0.2, -0.15) is 0 Å². The molecule has 5 nitrogen and oxygen atoms in total. The van der Waals surface area contributed by atoms with Gasteiger partial charge in [0.25, 0.3) is 11.8 Å². The SMILES string of the molecule is CC1CCc2c(sc(NC(=O)COc3ccccc3Cl)c2C(N)=O)C1. The number of carbonyl (C=O) groups is 2. The number of nitrogens with one attached hydrogen (secondary N) is 1. The Morgan fingerprint density at radius 3 is 2.88 bits per heavy atom. The third-order valence-electron chi connectivity index (χ3n) is 4.21. The number of amides is 2. The van der Waals surface area contributed by atoms with Gasteiger partial charge >= 0.3 is 0 Å². The second kappa shape index (κ2) is 7.45. The highest BCUT2D eigenvalue weighted by Gasteiger charge is 2.27. The van der Waals surface area contributed by atoms with Gasteiger partial charge in [-0.1, -0.05) is 30.7 Å². The summed E-state index contributed by atoms with van der Waals surface area (Å²) >= 11 is 7.43. The van der Waals surface area contributed by atoms with Crippen LogP contribution in [0.3, 0.4) is 0 Å². The zero-order valence-corrected chi connectivity index (χ0v) is 15.4. The van der Waals surface area contributed by atoms with Crippen molar-refractivity contribution in [3.8, 4) is 5.75 Å². The van der Waals surface area contributed by atoms with Gasteiger partial charge in [-0.25, -0.2) is 0 Å². The summed E-state index contributed by atoms with van der Waals surface area (Å²) in [6.07, 6.45) is 2.75. The minimum absolute atomic E-state index is 0.194. The molecular weight excluding hydrogens is 360 g/mol. The van der Waals surface area contributed by atoms with Crippen molar-refractivity contribution in [2.75, 3.05) is 11.9 Å². The highest BCUT2D eigenvalue weighted by Crippen LogP contribution is 2.39. The second-order valence-corrected chi connectivity index (χ2v) is 7.70. The predicted octanol–water partition coefficient (Wildman–Crippen LogP) is 3.64. The van der Waals surface area contributed by atoms with Crippen LogP contribution in [0.25, 0.3) is 0 Å². The van der Waals surface area contributed by atoms with Crippen molar-refractivity contribution >= 4 is 39.8 Å². The number of hydrogen-bond donors (Lipinski definition) is 2. The molecule has 0 saturated heterocycles. The zero-order valence-electron chi connectivity index (χ0n) is 13.8. The normalized spacial score (nSPS) is 16.2. The number of para-hydroxylation sites is 1. The van der Waals surface area contributed by atoms with Crippen LogP contribution >= 0.6 is 22.9 Å². The molecule has 2 aromatic rings. The molecule has 0 saturated carbocycles. The first-order valence-corrected chi connectivity index (χ1v) is 9.26. The highest BCUT2D eigenvalue weighted by atomic mass is 35.5. The van der Waals surface area contributed by atoms with Crippen LogP contribution in [-0.2, 0) is 17.6 Å². The van der Waals surface area contributed by atoms with Gasteiger partial charge < -0.3 is 15.8 Å². The lowest BCUT2D eigenvalue weighted by molar-refractivity contribution is -0.118. The van der Waals surface area contributed by atoms with Crippen LogP contribution in [0.15, 0.2) is 24.3 Å². The summed E-state index contributed by atoms with van der Waals surface area (Å²) in [5.41, 5.74) is 6.97. The molecule has 0 aliphatic heterocycles. The first kappa shape index (κ1) is 17.8. The standard InChI is InChI=1S/C18H19ClN2O3S/c1-10-6-7-11-14(8-10)25-18(16(11)17(20)23)21-15(22)9-24-13-5-3-2-4-12(13)19/h2-5,10H,6-9H2,1H3,(H2,20,23)(H,21,22). The van der Waals surface area contributed by atoms with Gasteiger partial charge in [0, 0.05) is 4.88 Å². The van der Waals surface area contributed by atoms with E-state index < -0.39 is 5.91 Å². The largest absolute Gasteiger partial charge is 0.482 e. The number of hydrogen-bond acceptors (Lipinski definition) is 4. The Kier molecular flexibility index (Phi) is 5.30. The molecule has 0 spiro atoms. The minimum atomic E-state index is -0.505. The Hall–Kier alpha value is -2.05. The monoisotopic (exact) mass is 378 g/mol.